The molecule has 2 N–H and O–H groups in total. The van der Waals surface area contributed by atoms with Gasteiger partial charge in [0.15, 0.2) is 0 Å². The van der Waals surface area contributed by atoms with Gasteiger partial charge >= 0.3 is 0 Å². The maximum absolute atomic E-state index is 13.0. The molecule has 0 aliphatic heterocycles. The molecule has 0 aliphatic rings. The van der Waals surface area contributed by atoms with Crippen LogP contribution in [0.15, 0.2) is 18.3 Å². The summed E-state index contributed by atoms with van der Waals surface area (Å²) >= 11 is 6.13. The lowest BCUT2D eigenvalue weighted by atomic mass is 10.1. The normalized spacial score (nSPS) is 11.6. The molecule has 1 heterocycles. The van der Waals surface area contributed by atoms with Crippen molar-refractivity contribution >= 4 is 29.1 Å². The van der Waals surface area contributed by atoms with E-state index in [0.717, 1.165) is 10.9 Å². The quantitative estimate of drug-likeness (QED) is 0.717. The minimum absolute atomic E-state index is 0.145. The molecule has 28 heavy (non-hydrogen) atoms. The van der Waals surface area contributed by atoms with Crippen LogP contribution >= 0.6 is 11.6 Å². The number of alkyl halides is 2. The van der Waals surface area contributed by atoms with Crippen molar-refractivity contribution in [3.8, 4) is 18.1 Å². The van der Waals surface area contributed by atoms with Crippen molar-refractivity contribution in [3.63, 3.8) is 0 Å². The van der Waals surface area contributed by atoms with Gasteiger partial charge in [-0.3, -0.25) is 14.3 Å². The van der Waals surface area contributed by atoms with Crippen molar-refractivity contribution in [1.82, 2.24) is 15.1 Å². The van der Waals surface area contributed by atoms with Gasteiger partial charge in [-0.2, -0.15) is 5.10 Å². The second-order valence-corrected chi connectivity index (χ2v) is 6.17. The number of amides is 2. The number of hydrogen-bond acceptors (Lipinski definition) is 4. The number of nitrogens with zero attached hydrogens (tertiary/aromatic N) is 2. The minimum Gasteiger partial charge on any atom is -0.494 e. The summed E-state index contributed by atoms with van der Waals surface area (Å²) in [6, 6.07) is 1.91. The number of hydrogen-bond donors (Lipinski definition) is 2. The lowest BCUT2D eigenvalue weighted by molar-refractivity contribution is -0.117. The van der Waals surface area contributed by atoms with E-state index in [2.05, 4.69) is 21.7 Å². The summed E-state index contributed by atoms with van der Waals surface area (Å²) < 4.78 is 32.3. The van der Waals surface area contributed by atoms with Crippen LogP contribution in [0.5, 0.6) is 5.75 Å². The molecule has 1 atom stereocenters. The molecule has 2 rings (SSSR count). The Morgan fingerprint density at radius 1 is 1.39 bits per heavy atom. The van der Waals surface area contributed by atoms with Gasteiger partial charge in [-0.1, -0.05) is 17.5 Å². The lowest BCUT2D eigenvalue weighted by Gasteiger charge is -2.17. The van der Waals surface area contributed by atoms with Crippen LogP contribution in [0.4, 0.5) is 14.5 Å². The zero-order valence-electron chi connectivity index (χ0n) is 15.2. The van der Waals surface area contributed by atoms with Crippen molar-refractivity contribution in [2.24, 2.45) is 7.05 Å². The molecule has 0 bridgehead atoms. The van der Waals surface area contributed by atoms with Gasteiger partial charge in [0.2, 0.25) is 5.91 Å². The number of carbonyl (C=O) groups is 2. The summed E-state index contributed by atoms with van der Waals surface area (Å²) in [6.45, 7) is 1.39. The molecule has 148 valence electrons. The number of methoxy groups -OCH3 is 1. The average Bonchev–Trinajstić information content (AvgIpc) is 3.05. The van der Waals surface area contributed by atoms with E-state index < -0.39 is 30.0 Å². The SMILES string of the molecule is C#Cc1cc(Cl)c(NC(=O)C(C)NC(=O)c2cn(C)nc2C(F)F)c(OC)c1. The van der Waals surface area contributed by atoms with E-state index in [9.17, 15) is 18.4 Å². The Morgan fingerprint density at radius 3 is 2.64 bits per heavy atom. The van der Waals surface area contributed by atoms with Crippen molar-refractivity contribution in [2.75, 3.05) is 12.4 Å². The van der Waals surface area contributed by atoms with Crippen molar-refractivity contribution in [2.45, 2.75) is 19.4 Å². The van der Waals surface area contributed by atoms with E-state index in [1.165, 1.54) is 33.2 Å². The van der Waals surface area contributed by atoms with E-state index in [-0.39, 0.29) is 22.0 Å². The molecule has 1 unspecified atom stereocenters. The van der Waals surface area contributed by atoms with Crippen LogP contribution in [0.1, 0.15) is 35.0 Å². The summed E-state index contributed by atoms with van der Waals surface area (Å²) in [6.07, 6.45) is 3.55. The van der Waals surface area contributed by atoms with Gasteiger partial charge in [0.05, 0.1) is 17.7 Å². The molecule has 0 saturated carbocycles. The first-order valence-electron chi connectivity index (χ1n) is 7.95. The van der Waals surface area contributed by atoms with Crippen LogP contribution in [0.3, 0.4) is 0 Å². The Kier molecular flexibility index (Phi) is 6.59. The van der Waals surface area contributed by atoms with E-state index in [1.54, 1.807) is 0 Å². The molecule has 0 saturated heterocycles. The van der Waals surface area contributed by atoms with Crippen LogP contribution < -0.4 is 15.4 Å². The molecule has 0 radical (unpaired) electrons. The topological polar surface area (TPSA) is 85.3 Å². The Labute approximate surface area is 165 Å². The number of carbonyl (C=O) groups excluding carboxylic acids is 2. The number of aryl methyl sites for hydroxylation is 1. The van der Waals surface area contributed by atoms with Crippen LogP contribution in [-0.4, -0.2) is 34.7 Å². The largest absolute Gasteiger partial charge is 0.494 e. The van der Waals surface area contributed by atoms with Crippen LogP contribution in [0.2, 0.25) is 5.02 Å². The number of anilines is 1. The Bertz CT molecular complexity index is 953. The minimum atomic E-state index is -2.93. The highest BCUT2D eigenvalue weighted by molar-refractivity contribution is 6.34. The van der Waals surface area contributed by atoms with Gasteiger partial charge in [0, 0.05) is 18.8 Å². The van der Waals surface area contributed by atoms with E-state index >= 15 is 0 Å². The van der Waals surface area contributed by atoms with E-state index in [0.29, 0.717) is 5.56 Å². The summed E-state index contributed by atoms with van der Waals surface area (Å²) in [7, 11) is 2.79. The van der Waals surface area contributed by atoms with Crippen molar-refractivity contribution in [3.05, 3.63) is 40.2 Å². The molecule has 0 spiro atoms. The fourth-order valence-corrected chi connectivity index (χ4v) is 2.62. The Balaban J connectivity index is 2.16. The maximum Gasteiger partial charge on any atom is 0.282 e. The molecular weight excluding hydrogens is 394 g/mol. The van der Waals surface area contributed by atoms with Gasteiger partial charge in [-0.15, -0.1) is 6.42 Å². The predicted octanol–water partition coefficient (Wildman–Crippen LogP) is 2.76. The molecule has 0 aliphatic carbocycles. The zero-order chi connectivity index (χ0) is 21.0. The molecule has 1 aromatic carbocycles. The summed E-state index contributed by atoms with van der Waals surface area (Å²) in [5.74, 6) is 1.15. The lowest BCUT2D eigenvalue weighted by Crippen LogP contribution is -2.41. The van der Waals surface area contributed by atoms with Gasteiger partial charge in [0.1, 0.15) is 23.2 Å². The number of aromatic nitrogens is 2. The smallest absolute Gasteiger partial charge is 0.282 e. The first-order valence-corrected chi connectivity index (χ1v) is 8.33. The van der Waals surface area contributed by atoms with Gasteiger partial charge < -0.3 is 15.4 Å². The number of rotatable bonds is 6. The third-order valence-corrected chi connectivity index (χ3v) is 4.04. The Hall–Kier alpha value is -3.12. The summed E-state index contributed by atoms with van der Waals surface area (Å²) in [5.41, 5.74) is -0.352. The third-order valence-electron chi connectivity index (χ3n) is 3.74. The number of halogens is 3. The molecule has 7 nitrogen and oxygen atoms in total. The Morgan fingerprint density at radius 2 is 2.07 bits per heavy atom. The number of terminal acetylenes is 1. The monoisotopic (exact) mass is 410 g/mol. The highest BCUT2D eigenvalue weighted by Gasteiger charge is 2.25. The summed E-state index contributed by atoms with van der Waals surface area (Å²) in [4.78, 5) is 24.7. The average molecular weight is 411 g/mol. The molecule has 10 heteroatoms. The predicted molar refractivity (Wildman–Crippen MR) is 99.7 cm³/mol. The standard InChI is InChI=1S/C18H17ClF2N4O3/c1-5-10-6-12(19)15(13(7-10)28-4)23-17(26)9(2)22-18(27)11-8-25(3)24-14(11)16(20)21/h1,6-9,16H,2-4H3,(H,22,27)(H,23,26). The third kappa shape index (κ3) is 4.58. The van der Waals surface area contributed by atoms with Gasteiger partial charge in [-0.25, -0.2) is 8.78 Å². The molecule has 1 aromatic heterocycles. The fraction of sp³-hybridized carbons (Fsp3) is 0.278. The number of ether oxygens (including phenoxy) is 1. The second-order valence-electron chi connectivity index (χ2n) is 5.77. The number of nitrogens with one attached hydrogen (secondary N) is 2. The van der Waals surface area contributed by atoms with Crippen LogP contribution in [0.25, 0.3) is 0 Å². The first-order chi connectivity index (χ1) is 13.2. The van der Waals surface area contributed by atoms with E-state index in [1.807, 2.05) is 0 Å². The summed E-state index contributed by atoms with van der Waals surface area (Å²) in [5, 5.41) is 8.58. The molecular formula is C18H17ClF2N4O3. The first kappa shape index (κ1) is 21.2. The van der Waals surface area contributed by atoms with Crippen molar-refractivity contribution in [1.29, 1.82) is 0 Å². The second kappa shape index (κ2) is 8.71. The van der Waals surface area contributed by atoms with Gasteiger partial charge in [-0.05, 0) is 19.1 Å². The zero-order valence-corrected chi connectivity index (χ0v) is 16.0. The van der Waals surface area contributed by atoms with Gasteiger partial charge in [0.25, 0.3) is 12.3 Å². The highest BCUT2D eigenvalue weighted by atomic mass is 35.5. The van der Waals surface area contributed by atoms with Crippen LogP contribution in [-0.2, 0) is 11.8 Å². The molecule has 2 amide bonds. The molecule has 0 fully saturated rings. The number of benzene rings is 1. The van der Waals surface area contributed by atoms with E-state index in [4.69, 9.17) is 22.8 Å². The molecule has 2 aromatic rings. The van der Waals surface area contributed by atoms with Crippen LogP contribution in [0, 0.1) is 12.3 Å². The highest BCUT2D eigenvalue weighted by Crippen LogP contribution is 2.34. The maximum atomic E-state index is 13.0. The van der Waals surface area contributed by atoms with Crippen molar-refractivity contribution < 1.29 is 23.1 Å². The fourth-order valence-electron chi connectivity index (χ4n) is 2.36.